The smallest absolute Gasteiger partial charge is 0.245 e. The van der Waals surface area contributed by atoms with Gasteiger partial charge in [0, 0.05) is 25.7 Å². The molecule has 2 amide bonds. The lowest BCUT2D eigenvalue weighted by atomic mass is 10.1. The highest BCUT2D eigenvalue weighted by Gasteiger charge is 2.29. The largest absolute Gasteiger partial charge is 0.497 e. The summed E-state index contributed by atoms with van der Waals surface area (Å²) < 4.78 is 10.5. The average molecular weight is 332 g/mol. The number of nitrogens with one attached hydrogen (secondary N) is 1. The molecule has 0 spiro atoms. The molecule has 6 heteroatoms. The van der Waals surface area contributed by atoms with Gasteiger partial charge in [0.05, 0.1) is 20.1 Å². The van der Waals surface area contributed by atoms with Gasteiger partial charge in [0.1, 0.15) is 11.5 Å². The van der Waals surface area contributed by atoms with Crippen molar-refractivity contribution in [3.63, 3.8) is 0 Å². The molecule has 1 fully saturated rings. The van der Waals surface area contributed by atoms with Crippen molar-refractivity contribution in [3.8, 4) is 11.5 Å². The molecular formula is C18H24N2O4. The van der Waals surface area contributed by atoms with Crippen LogP contribution in [-0.2, 0) is 16.0 Å². The first-order valence-corrected chi connectivity index (χ1v) is 7.98. The molecule has 1 saturated heterocycles. The summed E-state index contributed by atoms with van der Waals surface area (Å²) in [6, 6.07) is 5.66. The van der Waals surface area contributed by atoms with E-state index in [1.807, 2.05) is 18.2 Å². The van der Waals surface area contributed by atoms with Crippen molar-refractivity contribution >= 4 is 11.8 Å². The fourth-order valence-electron chi connectivity index (χ4n) is 2.79. The van der Waals surface area contributed by atoms with Gasteiger partial charge in [0.15, 0.2) is 0 Å². The molecule has 0 bridgehead atoms. The highest BCUT2D eigenvalue weighted by atomic mass is 16.5. The summed E-state index contributed by atoms with van der Waals surface area (Å²) in [6.45, 7) is 5.07. The number of nitrogens with zero attached hydrogens (tertiary/aromatic N) is 1. The maximum Gasteiger partial charge on any atom is 0.245 e. The van der Waals surface area contributed by atoms with E-state index in [0.29, 0.717) is 32.5 Å². The van der Waals surface area contributed by atoms with Crippen LogP contribution in [0.2, 0.25) is 0 Å². The normalized spacial score (nSPS) is 16.6. The van der Waals surface area contributed by atoms with Crippen molar-refractivity contribution in [1.29, 1.82) is 0 Å². The van der Waals surface area contributed by atoms with Crippen LogP contribution in [0.25, 0.3) is 0 Å². The first kappa shape index (κ1) is 17.8. The number of carbonyl (C=O) groups excluding carboxylic acids is 2. The van der Waals surface area contributed by atoms with E-state index in [1.165, 1.54) is 6.08 Å². The molecule has 1 aliphatic rings. The molecule has 1 aromatic rings. The summed E-state index contributed by atoms with van der Waals surface area (Å²) in [6.07, 6.45) is 2.66. The zero-order valence-corrected chi connectivity index (χ0v) is 14.2. The maximum absolute atomic E-state index is 12.2. The Morgan fingerprint density at radius 2 is 1.96 bits per heavy atom. The Morgan fingerprint density at radius 1 is 1.29 bits per heavy atom. The zero-order valence-electron chi connectivity index (χ0n) is 14.2. The minimum Gasteiger partial charge on any atom is -0.497 e. The molecule has 24 heavy (non-hydrogen) atoms. The number of hydrogen-bond acceptors (Lipinski definition) is 4. The van der Waals surface area contributed by atoms with Crippen LogP contribution in [-0.4, -0.2) is 50.6 Å². The van der Waals surface area contributed by atoms with Crippen LogP contribution in [0, 0.1) is 5.92 Å². The molecule has 130 valence electrons. The Balaban J connectivity index is 1.83. The van der Waals surface area contributed by atoms with E-state index < -0.39 is 0 Å². The lowest BCUT2D eigenvalue weighted by molar-refractivity contribution is -0.126. The second-order valence-corrected chi connectivity index (χ2v) is 5.74. The van der Waals surface area contributed by atoms with E-state index in [2.05, 4.69) is 11.9 Å². The van der Waals surface area contributed by atoms with Crippen LogP contribution < -0.4 is 14.8 Å². The van der Waals surface area contributed by atoms with Gasteiger partial charge in [0.25, 0.3) is 0 Å². The number of rotatable bonds is 7. The average Bonchev–Trinajstić information content (AvgIpc) is 3.10. The zero-order chi connectivity index (χ0) is 17.5. The Morgan fingerprint density at radius 3 is 2.54 bits per heavy atom. The Bertz CT molecular complexity index is 593. The summed E-state index contributed by atoms with van der Waals surface area (Å²) in [5.41, 5.74) is 1.03. The molecule has 0 radical (unpaired) electrons. The van der Waals surface area contributed by atoms with Crippen molar-refractivity contribution < 1.29 is 19.1 Å². The topological polar surface area (TPSA) is 67.9 Å². The number of hydrogen-bond donors (Lipinski definition) is 1. The van der Waals surface area contributed by atoms with Crippen LogP contribution in [0.4, 0.5) is 0 Å². The second-order valence-electron chi connectivity index (χ2n) is 5.74. The number of likely N-dealkylation sites (tertiary alicyclic amines) is 1. The molecule has 2 rings (SSSR count). The summed E-state index contributed by atoms with van der Waals surface area (Å²) >= 11 is 0. The van der Waals surface area contributed by atoms with Crippen LogP contribution in [0.1, 0.15) is 12.0 Å². The monoisotopic (exact) mass is 332 g/mol. The van der Waals surface area contributed by atoms with E-state index in [9.17, 15) is 9.59 Å². The molecule has 6 nitrogen and oxygen atoms in total. The van der Waals surface area contributed by atoms with Crippen molar-refractivity contribution in [2.24, 2.45) is 5.92 Å². The molecule has 1 N–H and O–H groups in total. The predicted molar refractivity (Wildman–Crippen MR) is 91.1 cm³/mol. The fraction of sp³-hybridized carbons (Fsp3) is 0.444. The van der Waals surface area contributed by atoms with E-state index in [-0.39, 0.29) is 17.7 Å². The molecule has 1 heterocycles. The third kappa shape index (κ3) is 4.50. The van der Waals surface area contributed by atoms with E-state index in [4.69, 9.17) is 9.47 Å². The highest BCUT2D eigenvalue weighted by Crippen LogP contribution is 2.22. The molecule has 0 aliphatic carbocycles. The van der Waals surface area contributed by atoms with Gasteiger partial charge >= 0.3 is 0 Å². The molecule has 0 saturated carbocycles. The highest BCUT2D eigenvalue weighted by molar-refractivity contribution is 5.88. The SMILES string of the molecule is C=CC(=O)N1CCC(C(=O)NCCc2cc(OC)cc(OC)c2)C1. The minimum absolute atomic E-state index is 0.00998. The Hall–Kier alpha value is -2.50. The molecule has 1 atom stereocenters. The van der Waals surface area contributed by atoms with Gasteiger partial charge in [-0.2, -0.15) is 0 Å². The first-order chi connectivity index (χ1) is 11.6. The lowest BCUT2D eigenvalue weighted by Crippen LogP contribution is -2.35. The number of amides is 2. The van der Waals surface area contributed by atoms with Gasteiger partial charge in [-0.25, -0.2) is 0 Å². The van der Waals surface area contributed by atoms with Crippen LogP contribution in [0.15, 0.2) is 30.9 Å². The van der Waals surface area contributed by atoms with Crippen molar-refractivity contribution in [2.45, 2.75) is 12.8 Å². The van der Waals surface area contributed by atoms with E-state index >= 15 is 0 Å². The minimum atomic E-state index is -0.145. The van der Waals surface area contributed by atoms with Gasteiger partial charge in [-0.05, 0) is 36.6 Å². The van der Waals surface area contributed by atoms with Gasteiger partial charge < -0.3 is 19.7 Å². The van der Waals surface area contributed by atoms with Gasteiger partial charge in [-0.3, -0.25) is 9.59 Å². The van der Waals surface area contributed by atoms with Gasteiger partial charge in [-0.15, -0.1) is 0 Å². The van der Waals surface area contributed by atoms with Crippen LogP contribution in [0.3, 0.4) is 0 Å². The summed E-state index contributed by atoms with van der Waals surface area (Å²) in [7, 11) is 3.22. The molecule has 1 aliphatic heterocycles. The van der Waals surface area contributed by atoms with Crippen molar-refractivity contribution in [1.82, 2.24) is 10.2 Å². The molecule has 1 aromatic carbocycles. The molecule has 0 aromatic heterocycles. The lowest BCUT2D eigenvalue weighted by Gasteiger charge is -2.14. The summed E-state index contributed by atoms with van der Waals surface area (Å²) in [5, 5.41) is 2.94. The standard InChI is InChI=1S/C18H24N2O4/c1-4-17(21)20-8-6-14(12-20)18(22)19-7-5-13-9-15(23-2)11-16(10-13)24-3/h4,9-11,14H,1,5-8,12H2,2-3H3,(H,19,22). The van der Waals surface area contributed by atoms with Crippen LogP contribution >= 0.6 is 0 Å². The summed E-state index contributed by atoms with van der Waals surface area (Å²) in [4.78, 5) is 25.4. The van der Waals surface area contributed by atoms with E-state index in [0.717, 1.165) is 17.1 Å². The Labute approximate surface area is 142 Å². The quantitative estimate of drug-likeness (QED) is 0.767. The van der Waals surface area contributed by atoms with E-state index in [1.54, 1.807) is 19.1 Å². The van der Waals surface area contributed by atoms with Crippen molar-refractivity contribution in [3.05, 3.63) is 36.4 Å². The number of benzene rings is 1. The summed E-state index contributed by atoms with van der Waals surface area (Å²) in [5.74, 6) is 1.18. The van der Waals surface area contributed by atoms with Crippen molar-refractivity contribution in [2.75, 3.05) is 33.9 Å². The Kier molecular flexibility index (Phi) is 6.23. The first-order valence-electron chi connectivity index (χ1n) is 7.98. The number of methoxy groups -OCH3 is 2. The third-order valence-corrected chi connectivity index (χ3v) is 4.17. The molecular weight excluding hydrogens is 308 g/mol. The fourth-order valence-corrected chi connectivity index (χ4v) is 2.79. The number of carbonyl (C=O) groups is 2. The third-order valence-electron chi connectivity index (χ3n) is 4.17. The van der Waals surface area contributed by atoms with Gasteiger partial charge in [-0.1, -0.05) is 6.58 Å². The predicted octanol–water partition coefficient (Wildman–Crippen LogP) is 1.40. The maximum atomic E-state index is 12.2. The number of ether oxygens (including phenoxy) is 2. The second kappa shape index (κ2) is 8.38. The molecule has 1 unspecified atom stereocenters. The van der Waals surface area contributed by atoms with Gasteiger partial charge in [0.2, 0.25) is 11.8 Å². The van der Waals surface area contributed by atoms with Crippen LogP contribution in [0.5, 0.6) is 11.5 Å².